The van der Waals surface area contributed by atoms with E-state index in [1.807, 2.05) is 24.1 Å². The zero-order valence-electron chi connectivity index (χ0n) is 7.90. The van der Waals surface area contributed by atoms with Gasteiger partial charge in [0, 0.05) is 19.8 Å². The first-order valence-electron chi connectivity index (χ1n) is 4.10. The molecular formula is C9H14N2O2. The van der Waals surface area contributed by atoms with E-state index in [-0.39, 0.29) is 6.61 Å². The molecule has 1 N–H and O–H groups in total. The Morgan fingerprint density at radius 3 is 3.00 bits per heavy atom. The number of likely N-dealkylation sites (N-methyl/N-ethyl adjacent to an activating group) is 1. The van der Waals surface area contributed by atoms with E-state index in [1.54, 1.807) is 13.3 Å². The van der Waals surface area contributed by atoms with Crippen molar-refractivity contribution in [2.45, 2.75) is 0 Å². The minimum Gasteiger partial charge on any atom is -0.493 e. The highest BCUT2D eigenvalue weighted by Crippen LogP contribution is 2.22. The number of anilines is 1. The Kier molecular flexibility index (Phi) is 3.52. The predicted octanol–water partition coefficient (Wildman–Crippen LogP) is 0.519. The molecule has 0 atom stereocenters. The van der Waals surface area contributed by atoms with Crippen LogP contribution in [0.5, 0.6) is 5.75 Å². The maximum atomic E-state index is 8.75. The van der Waals surface area contributed by atoms with Gasteiger partial charge in [0.2, 0.25) is 0 Å². The van der Waals surface area contributed by atoms with Crippen molar-refractivity contribution in [3.05, 3.63) is 18.3 Å². The molecule has 4 heteroatoms. The molecule has 13 heavy (non-hydrogen) atoms. The lowest BCUT2D eigenvalue weighted by Crippen LogP contribution is -2.22. The number of aliphatic hydroxyl groups is 1. The summed E-state index contributed by atoms with van der Waals surface area (Å²) in [4.78, 5) is 6.00. The van der Waals surface area contributed by atoms with Gasteiger partial charge in [-0.15, -0.1) is 0 Å². The van der Waals surface area contributed by atoms with Crippen LogP contribution in [-0.2, 0) is 0 Å². The molecule has 1 aromatic heterocycles. The first kappa shape index (κ1) is 9.80. The Hall–Kier alpha value is -1.29. The summed E-state index contributed by atoms with van der Waals surface area (Å²) in [6.45, 7) is 0.656. The Morgan fingerprint density at radius 1 is 1.62 bits per heavy atom. The summed E-state index contributed by atoms with van der Waals surface area (Å²) in [5.41, 5.74) is 0. The summed E-state index contributed by atoms with van der Waals surface area (Å²) >= 11 is 0. The number of aromatic nitrogens is 1. The minimum atomic E-state index is 0.107. The van der Waals surface area contributed by atoms with Gasteiger partial charge < -0.3 is 14.7 Å². The first-order chi connectivity index (χ1) is 6.29. The summed E-state index contributed by atoms with van der Waals surface area (Å²) in [7, 11) is 3.47. The zero-order chi connectivity index (χ0) is 9.68. The van der Waals surface area contributed by atoms with Crippen molar-refractivity contribution in [2.75, 3.05) is 32.2 Å². The minimum absolute atomic E-state index is 0.107. The van der Waals surface area contributed by atoms with Gasteiger partial charge in [-0.25, -0.2) is 4.98 Å². The molecule has 0 saturated heterocycles. The monoisotopic (exact) mass is 182 g/mol. The van der Waals surface area contributed by atoms with E-state index in [9.17, 15) is 0 Å². The summed E-state index contributed by atoms with van der Waals surface area (Å²) in [6, 6.07) is 3.66. The second-order valence-corrected chi connectivity index (χ2v) is 2.67. The van der Waals surface area contributed by atoms with E-state index in [1.165, 1.54) is 0 Å². The van der Waals surface area contributed by atoms with Gasteiger partial charge in [0.05, 0.1) is 13.7 Å². The molecule has 0 bridgehead atoms. The van der Waals surface area contributed by atoms with E-state index in [0.717, 1.165) is 11.6 Å². The molecule has 0 saturated carbocycles. The molecule has 1 rings (SSSR count). The smallest absolute Gasteiger partial charge is 0.171 e. The Balaban J connectivity index is 2.85. The van der Waals surface area contributed by atoms with E-state index >= 15 is 0 Å². The maximum Gasteiger partial charge on any atom is 0.171 e. The molecule has 0 fully saturated rings. The predicted molar refractivity (Wildman–Crippen MR) is 51.1 cm³/mol. The molecule has 0 amide bonds. The number of hydrogen-bond donors (Lipinski definition) is 1. The quantitative estimate of drug-likeness (QED) is 0.737. The fourth-order valence-electron chi connectivity index (χ4n) is 1.08. The van der Waals surface area contributed by atoms with Crippen LogP contribution in [0.3, 0.4) is 0 Å². The van der Waals surface area contributed by atoms with E-state index in [2.05, 4.69) is 4.98 Å². The standard InChI is InChI=1S/C9H14N2O2/c1-11(6-7-12)9-8(13-2)4-3-5-10-9/h3-5,12H,6-7H2,1-2H3. The van der Waals surface area contributed by atoms with Crippen LogP contribution in [0.2, 0.25) is 0 Å². The van der Waals surface area contributed by atoms with Gasteiger partial charge in [0.1, 0.15) is 0 Å². The molecule has 0 unspecified atom stereocenters. The number of methoxy groups -OCH3 is 1. The summed E-state index contributed by atoms with van der Waals surface area (Å²) in [5, 5.41) is 8.75. The first-order valence-corrected chi connectivity index (χ1v) is 4.10. The van der Waals surface area contributed by atoms with Crippen molar-refractivity contribution in [2.24, 2.45) is 0 Å². The molecule has 72 valence electrons. The van der Waals surface area contributed by atoms with Crippen molar-refractivity contribution in [1.82, 2.24) is 4.98 Å². The Bertz CT molecular complexity index is 266. The van der Waals surface area contributed by atoms with Gasteiger partial charge in [0.25, 0.3) is 0 Å². The van der Waals surface area contributed by atoms with Crippen LogP contribution >= 0.6 is 0 Å². The lowest BCUT2D eigenvalue weighted by molar-refractivity contribution is 0.303. The van der Waals surface area contributed by atoms with Gasteiger partial charge in [0.15, 0.2) is 11.6 Å². The van der Waals surface area contributed by atoms with Crippen molar-refractivity contribution < 1.29 is 9.84 Å². The Morgan fingerprint density at radius 2 is 2.38 bits per heavy atom. The molecule has 0 spiro atoms. The SMILES string of the molecule is COc1cccnc1N(C)CCO. The molecule has 0 radical (unpaired) electrons. The molecular weight excluding hydrogens is 168 g/mol. The van der Waals surface area contributed by atoms with E-state index in [4.69, 9.17) is 9.84 Å². The number of hydrogen-bond acceptors (Lipinski definition) is 4. The molecule has 4 nitrogen and oxygen atoms in total. The van der Waals surface area contributed by atoms with Gasteiger partial charge in [-0.3, -0.25) is 0 Å². The molecule has 0 aliphatic rings. The van der Waals surface area contributed by atoms with Crippen LogP contribution in [0.15, 0.2) is 18.3 Å². The molecule has 0 aliphatic heterocycles. The molecule has 1 heterocycles. The molecule has 1 aromatic rings. The number of nitrogens with zero attached hydrogens (tertiary/aromatic N) is 2. The number of aliphatic hydroxyl groups excluding tert-OH is 1. The zero-order valence-corrected chi connectivity index (χ0v) is 7.90. The van der Waals surface area contributed by atoms with Crippen molar-refractivity contribution in [1.29, 1.82) is 0 Å². The van der Waals surface area contributed by atoms with Crippen molar-refractivity contribution >= 4 is 5.82 Å². The Labute approximate surface area is 77.8 Å². The third-order valence-corrected chi connectivity index (χ3v) is 1.77. The second kappa shape index (κ2) is 4.67. The fraction of sp³-hybridized carbons (Fsp3) is 0.444. The van der Waals surface area contributed by atoms with E-state index in [0.29, 0.717) is 6.54 Å². The van der Waals surface area contributed by atoms with Gasteiger partial charge in [-0.1, -0.05) is 0 Å². The lowest BCUT2D eigenvalue weighted by atomic mass is 10.4. The van der Waals surface area contributed by atoms with Gasteiger partial charge in [-0.2, -0.15) is 0 Å². The van der Waals surface area contributed by atoms with E-state index < -0.39 is 0 Å². The largest absolute Gasteiger partial charge is 0.493 e. The number of ether oxygens (including phenoxy) is 1. The number of rotatable bonds is 4. The highest BCUT2D eigenvalue weighted by Gasteiger charge is 2.07. The maximum absolute atomic E-state index is 8.75. The molecule has 0 aromatic carbocycles. The third-order valence-electron chi connectivity index (χ3n) is 1.77. The van der Waals surface area contributed by atoms with Crippen LogP contribution < -0.4 is 9.64 Å². The molecule has 0 aliphatic carbocycles. The van der Waals surface area contributed by atoms with Crippen LogP contribution in [0, 0.1) is 0 Å². The summed E-state index contributed by atoms with van der Waals surface area (Å²) < 4.78 is 5.13. The third kappa shape index (κ3) is 2.32. The van der Waals surface area contributed by atoms with Crippen LogP contribution in [0.4, 0.5) is 5.82 Å². The van der Waals surface area contributed by atoms with Crippen molar-refractivity contribution in [3.63, 3.8) is 0 Å². The topological polar surface area (TPSA) is 45.6 Å². The summed E-state index contributed by atoms with van der Waals surface area (Å²) in [6.07, 6.45) is 1.70. The summed E-state index contributed by atoms with van der Waals surface area (Å²) in [5.74, 6) is 1.47. The highest BCUT2D eigenvalue weighted by atomic mass is 16.5. The normalized spacial score (nSPS) is 9.77. The van der Waals surface area contributed by atoms with Crippen LogP contribution in [0.1, 0.15) is 0 Å². The van der Waals surface area contributed by atoms with Crippen LogP contribution in [-0.4, -0.2) is 37.4 Å². The average Bonchev–Trinajstić information content (AvgIpc) is 2.18. The van der Waals surface area contributed by atoms with Crippen LogP contribution in [0.25, 0.3) is 0 Å². The highest BCUT2D eigenvalue weighted by molar-refractivity contribution is 5.51. The lowest BCUT2D eigenvalue weighted by Gasteiger charge is -2.18. The van der Waals surface area contributed by atoms with Crippen molar-refractivity contribution in [3.8, 4) is 5.75 Å². The second-order valence-electron chi connectivity index (χ2n) is 2.67. The van der Waals surface area contributed by atoms with Gasteiger partial charge in [-0.05, 0) is 12.1 Å². The fourth-order valence-corrected chi connectivity index (χ4v) is 1.08. The van der Waals surface area contributed by atoms with Gasteiger partial charge >= 0.3 is 0 Å². The number of pyridine rings is 1. The average molecular weight is 182 g/mol.